The Hall–Kier alpha value is -0.870. The van der Waals surface area contributed by atoms with Crippen molar-refractivity contribution in [3.05, 3.63) is 16.0 Å². The molecule has 3 nitrogen and oxygen atoms in total. The van der Waals surface area contributed by atoms with E-state index in [1.807, 2.05) is 11.3 Å². The molecule has 1 saturated heterocycles. The molecule has 2 aliphatic heterocycles. The van der Waals surface area contributed by atoms with Gasteiger partial charge in [-0.25, -0.2) is 4.99 Å². The molecule has 1 aliphatic carbocycles. The fourth-order valence-electron chi connectivity index (χ4n) is 3.67. The fraction of sp³-hybridized carbons (Fsp3) is 0.667. The van der Waals surface area contributed by atoms with Gasteiger partial charge in [0.2, 0.25) is 0 Å². The van der Waals surface area contributed by atoms with Crippen molar-refractivity contribution in [3.63, 3.8) is 0 Å². The van der Waals surface area contributed by atoms with Crippen LogP contribution in [0.5, 0.6) is 0 Å². The average Bonchev–Trinajstić information content (AvgIpc) is 2.62. The number of nitrogens with two attached hydrogens (primary N) is 1. The summed E-state index contributed by atoms with van der Waals surface area (Å²) in [5.41, 5.74) is 9.50. The molecule has 0 aromatic carbocycles. The third-order valence-electron chi connectivity index (χ3n) is 4.69. The number of nitrogens with zero attached hydrogens (tertiary/aromatic N) is 2. The second kappa shape index (κ2) is 4.60. The summed E-state index contributed by atoms with van der Waals surface area (Å²) in [6.45, 7) is 1.09. The summed E-state index contributed by atoms with van der Waals surface area (Å²) in [4.78, 5) is 8.90. The van der Waals surface area contributed by atoms with Gasteiger partial charge in [0.25, 0.3) is 0 Å². The summed E-state index contributed by atoms with van der Waals surface area (Å²) in [6, 6.07) is 0. The Morgan fingerprint density at radius 2 is 1.89 bits per heavy atom. The molecule has 1 unspecified atom stereocenters. The lowest BCUT2D eigenvalue weighted by molar-refractivity contribution is 0.315. The molecule has 1 atom stereocenters. The summed E-state index contributed by atoms with van der Waals surface area (Å²) < 4.78 is 0. The normalized spacial score (nSPS) is 26.1. The average molecular weight is 275 g/mol. The van der Waals surface area contributed by atoms with Gasteiger partial charge in [-0.05, 0) is 44.1 Å². The number of aryl methyl sites for hydroxylation is 1. The lowest BCUT2D eigenvalue weighted by Gasteiger charge is -2.34. The van der Waals surface area contributed by atoms with Gasteiger partial charge in [-0.2, -0.15) is 0 Å². The van der Waals surface area contributed by atoms with Crippen LogP contribution >= 0.6 is 11.3 Å². The van der Waals surface area contributed by atoms with E-state index < -0.39 is 0 Å². The minimum absolute atomic E-state index is 0.0682. The molecule has 102 valence electrons. The van der Waals surface area contributed by atoms with Crippen LogP contribution in [-0.2, 0) is 12.8 Å². The van der Waals surface area contributed by atoms with Crippen molar-refractivity contribution >= 4 is 22.2 Å². The number of hydrogen-bond donors (Lipinski definition) is 1. The lowest BCUT2D eigenvalue weighted by Crippen LogP contribution is -2.41. The van der Waals surface area contributed by atoms with Gasteiger partial charge in [-0.1, -0.05) is 6.42 Å². The Bertz CT molecular complexity index is 532. The van der Waals surface area contributed by atoms with E-state index in [2.05, 4.69) is 4.90 Å². The van der Waals surface area contributed by atoms with Gasteiger partial charge >= 0.3 is 0 Å². The predicted molar refractivity (Wildman–Crippen MR) is 80.2 cm³/mol. The Balaban J connectivity index is 1.82. The number of rotatable bonds is 0. The molecule has 19 heavy (non-hydrogen) atoms. The first-order valence-electron chi connectivity index (χ1n) is 7.59. The van der Waals surface area contributed by atoms with Gasteiger partial charge in [0, 0.05) is 23.4 Å². The highest BCUT2D eigenvalue weighted by molar-refractivity contribution is 7.16. The number of thiophene rings is 1. The van der Waals surface area contributed by atoms with Crippen molar-refractivity contribution in [2.24, 2.45) is 10.7 Å². The number of fused-ring (bicyclic) bond motifs is 4. The maximum Gasteiger partial charge on any atom is 0.125 e. The summed E-state index contributed by atoms with van der Waals surface area (Å²) in [5, 5.41) is 1.23. The van der Waals surface area contributed by atoms with Crippen molar-refractivity contribution in [1.82, 2.24) is 4.90 Å². The van der Waals surface area contributed by atoms with E-state index in [-0.39, 0.29) is 6.17 Å². The first-order chi connectivity index (χ1) is 9.34. The van der Waals surface area contributed by atoms with Gasteiger partial charge in [0.1, 0.15) is 17.0 Å². The minimum atomic E-state index is 0.0682. The number of hydrogen-bond acceptors (Lipinski definition) is 4. The molecule has 0 saturated carbocycles. The van der Waals surface area contributed by atoms with Crippen LogP contribution in [0.4, 0.5) is 5.00 Å². The molecular weight excluding hydrogens is 254 g/mol. The zero-order valence-electron chi connectivity index (χ0n) is 11.3. The van der Waals surface area contributed by atoms with E-state index in [1.54, 1.807) is 10.4 Å². The molecule has 4 rings (SSSR count). The van der Waals surface area contributed by atoms with Crippen LogP contribution in [0.15, 0.2) is 4.99 Å². The predicted octanol–water partition coefficient (Wildman–Crippen LogP) is 3.50. The molecule has 4 heteroatoms. The topological polar surface area (TPSA) is 41.6 Å². The lowest BCUT2D eigenvalue weighted by atomic mass is 9.93. The van der Waals surface area contributed by atoms with Crippen molar-refractivity contribution in [1.29, 1.82) is 0 Å². The zero-order valence-corrected chi connectivity index (χ0v) is 12.1. The molecule has 0 amide bonds. The summed E-state index contributed by atoms with van der Waals surface area (Å²) in [5.74, 6) is 1.25. The SMILES string of the molecule is NC1c2c(sc3c2CCCC3)N=C2CCCCCN21. The molecule has 1 aromatic heterocycles. The van der Waals surface area contributed by atoms with Gasteiger partial charge < -0.3 is 10.6 Å². The standard InChI is InChI=1S/C15H21N3S/c16-14-13-10-6-3-4-7-11(10)19-15(13)17-12-8-2-1-5-9-18(12)14/h14H,1-9,16H2. The molecular formula is C15H21N3S. The van der Waals surface area contributed by atoms with Crippen molar-refractivity contribution in [2.75, 3.05) is 6.54 Å². The van der Waals surface area contributed by atoms with Gasteiger partial charge in [-0.3, -0.25) is 0 Å². The molecule has 3 heterocycles. The van der Waals surface area contributed by atoms with Crippen LogP contribution in [-0.4, -0.2) is 17.3 Å². The molecule has 2 N–H and O–H groups in total. The zero-order chi connectivity index (χ0) is 12.8. The summed E-state index contributed by atoms with van der Waals surface area (Å²) in [7, 11) is 0. The third-order valence-corrected chi connectivity index (χ3v) is 5.89. The molecule has 1 fully saturated rings. The smallest absolute Gasteiger partial charge is 0.125 e. The van der Waals surface area contributed by atoms with E-state index in [0.29, 0.717) is 0 Å². The van der Waals surface area contributed by atoms with E-state index in [9.17, 15) is 0 Å². The first kappa shape index (κ1) is 11.9. The largest absolute Gasteiger partial charge is 0.340 e. The second-order valence-corrected chi connectivity index (χ2v) is 6.99. The monoisotopic (exact) mass is 275 g/mol. The highest BCUT2D eigenvalue weighted by Crippen LogP contribution is 2.46. The van der Waals surface area contributed by atoms with Crippen molar-refractivity contribution in [3.8, 4) is 0 Å². The van der Waals surface area contributed by atoms with Crippen molar-refractivity contribution in [2.45, 2.75) is 57.5 Å². The molecule has 0 radical (unpaired) electrons. The maximum absolute atomic E-state index is 6.59. The Morgan fingerprint density at radius 3 is 2.84 bits per heavy atom. The molecule has 1 aromatic rings. The van der Waals surface area contributed by atoms with Crippen molar-refractivity contribution < 1.29 is 0 Å². The van der Waals surface area contributed by atoms with E-state index in [0.717, 1.165) is 13.0 Å². The first-order valence-corrected chi connectivity index (χ1v) is 8.40. The Morgan fingerprint density at radius 1 is 1.05 bits per heavy atom. The van der Waals surface area contributed by atoms with Crippen LogP contribution in [0.2, 0.25) is 0 Å². The molecule has 0 bridgehead atoms. The summed E-state index contributed by atoms with van der Waals surface area (Å²) >= 11 is 1.91. The second-order valence-electron chi connectivity index (χ2n) is 5.91. The van der Waals surface area contributed by atoms with E-state index >= 15 is 0 Å². The number of aliphatic imine (C=N–C) groups is 1. The Labute approximate surface area is 118 Å². The summed E-state index contributed by atoms with van der Waals surface area (Å²) in [6.07, 6.45) is 10.1. The molecule has 0 spiro atoms. The van der Waals surface area contributed by atoms with Gasteiger partial charge in [0.05, 0.1) is 0 Å². The molecule has 3 aliphatic rings. The Kier molecular flexibility index (Phi) is 2.88. The van der Waals surface area contributed by atoms with Crippen LogP contribution in [0.1, 0.15) is 60.7 Å². The van der Waals surface area contributed by atoms with E-state index in [1.165, 1.54) is 61.3 Å². The van der Waals surface area contributed by atoms with E-state index in [4.69, 9.17) is 10.7 Å². The van der Waals surface area contributed by atoms with Crippen LogP contribution in [0.25, 0.3) is 0 Å². The third kappa shape index (κ3) is 1.84. The fourth-order valence-corrected chi connectivity index (χ4v) is 4.99. The van der Waals surface area contributed by atoms with Crippen LogP contribution in [0, 0.1) is 0 Å². The number of amidine groups is 1. The highest BCUT2D eigenvalue weighted by atomic mass is 32.1. The van der Waals surface area contributed by atoms with Gasteiger partial charge in [0.15, 0.2) is 0 Å². The van der Waals surface area contributed by atoms with Crippen LogP contribution < -0.4 is 5.73 Å². The van der Waals surface area contributed by atoms with Crippen LogP contribution in [0.3, 0.4) is 0 Å². The maximum atomic E-state index is 6.59. The van der Waals surface area contributed by atoms with Gasteiger partial charge in [-0.15, -0.1) is 11.3 Å². The minimum Gasteiger partial charge on any atom is -0.340 e. The highest BCUT2D eigenvalue weighted by Gasteiger charge is 2.33. The quantitative estimate of drug-likeness (QED) is 0.787.